The van der Waals surface area contributed by atoms with E-state index in [2.05, 4.69) is 0 Å². The van der Waals surface area contributed by atoms with Crippen molar-refractivity contribution < 1.29 is 19.0 Å². The lowest BCUT2D eigenvalue weighted by molar-refractivity contribution is 0.0679. The zero-order chi connectivity index (χ0) is 17.1. The average Bonchev–Trinajstić information content (AvgIpc) is 3.19. The zero-order valence-electron chi connectivity index (χ0n) is 14.0. The standard InChI is InChI=1S/C20H21NO4/c22-20(21-11-13-24-19-6-2-1-5-18(19)21)15-7-9-16(10-8-15)25-14-17-4-3-12-23-17/h1-2,5-10,17H,3-4,11-14H2/t17-/m0/s1. The summed E-state index contributed by atoms with van der Waals surface area (Å²) in [7, 11) is 0. The van der Waals surface area contributed by atoms with Gasteiger partial charge >= 0.3 is 0 Å². The molecular weight excluding hydrogens is 318 g/mol. The first-order valence-corrected chi connectivity index (χ1v) is 8.69. The molecule has 0 unspecified atom stereocenters. The van der Waals surface area contributed by atoms with Crippen molar-refractivity contribution in [3.8, 4) is 11.5 Å². The van der Waals surface area contributed by atoms with E-state index in [1.165, 1.54) is 0 Å². The molecule has 0 aromatic heterocycles. The minimum Gasteiger partial charge on any atom is -0.491 e. The normalized spacial score (nSPS) is 19.2. The maximum atomic E-state index is 12.9. The second kappa shape index (κ2) is 7.15. The second-order valence-electron chi connectivity index (χ2n) is 6.24. The highest BCUT2D eigenvalue weighted by Gasteiger charge is 2.24. The number of amides is 1. The molecule has 0 bridgehead atoms. The van der Waals surface area contributed by atoms with Crippen LogP contribution in [0.15, 0.2) is 48.5 Å². The number of carbonyl (C=O) groups excluding carboxylic acids is 1. The van der Waals surface area contributed by atoms with Crippen molar-refractivity contribution in [2.45, 2.75) is 18.9 Å². The fourth-order valence-corrected chi connectivity index (χ4v) is 3.20. The fraction of sp³-hybridized carbons (Fsp3) is 0.350. The first kappa shape index (κ1) is 16.0. The highest BCUT2D eigenvalue weighted by atomic mass is 16.5. The van der Waals surface area contributed by atoms with Crippen LogP contribution in [-0.4, -0.2) is 38.4 Å². The second-order valence-corrected chi connectivity index (χ2v) is 6.24. The van der Waals surface area contributed by atoms with E-state index in [-0.39, 0.29) is 12.0 Å². The van der Waals surface area contributed by atoms with Crippen LogP contribution in [0.25, 0.3) is 0 Å². The Bertz CT molecular complexity index is 738. The largest absolute Gasteiger partial charge is 0.491 e. The first-order chi connectivity index (χ1) is 12.3. The smallest absolute Gasteiger partial charge is 0.258 e. The Labute approximate surface area is 147 Å². The maximum absolute atomic E-state index is 12.9. The van der Waals surface area contributed by atoms with Gasteiger partial charge in [-0.15, -0.1) is 0 Å². The Balaban J connectivity index is 1.44. The van der Waals surface area contributed by atoms with Gasteiger partial charge in [0.1, 0.15) is 24.7 Å². The summed E-state index contributed by atoms with van der Waals surface area (Å²) >= 11 is 0. The zero-order valence-corrected chi connectivity index (χ0v) is 14.0. The number of benzene rings is 2. The van der Waals surface area contributed by atoms with Crippen LogP contribution in [0, 0.1) is 0 Å². The molecule has 0 aliphatic carbocycles. The molecule has 0 radical (unpaired) electrons. The number of hydrogen-bond donors (Lipinski definition) is 0. The van der Waals surface area contributed by atoms with Gasteiger partial charge in [0.05, 0.1) is 18.3 Å². The van der Waals surface area contributed by atoms with Crippen molar-refractivity contribution >= 4 is 11.6 Å². The van der Waals surface area contributed by atoms with Crippen LogP contribution in [-0.2, 0) is 4.74 Å². The number of para-hydroxylation sites is 2. The predicted octanol–water partition coefficient (Wildman–Crippen LogP) is 3.28. The number of nitrogens with zero attached hydrogens (tertiary/aromatic N) is 1. The van der Waals surface area contributed by atoms with Crippen molar-refractivity contribution in [1.29, 1.82) is 0 Å². The molecule has 5 heteroatoms. The molecule has 1 saturated heterocycles. The summed E-state index contributed by atoms with van der Waals surface area (Å²) in [4.78, 5) is 14.6. The van der Waals surface area contributed by atoms with Gasteiger partial charge in [0.2, 0.25) is 0 Å². The fourth-order valence-electron chi connectivity index (χ4n) is 3.20. The van der Waals surface area contributed by atoms with Gasteiger partial charge in [-0.1, -0.05) is 12.1 Å². The minimum absolute atomic E-state index is 0.0265. The van der Waals surface area contributed by atoms with E-state index in [1.54, 1.807) is 4.90 Å². The lowest BCUT2D eigenvalue weighted by Crippen LogP contribution is -2.37. The van der Waals surface area contributed by atoms with E-state index in [9.17, 15) is 4.79 Å². The first-order valence-electron chi connectivity index (χ1n) is 8.69. The van der Waals surface area contributed by atoms with Crippen molar-refractivity contribution in [2.24, 2.45) is 0 Å². The number of rotatable bonds is 4. The maximum Gasteiger partial charge on any atom is 0.258 e. The molecule has 5 nitrogen and oxygen atoms in total. The molecule has 2 aliphatic heterocycles. The van der Waals surface area contributed by atoms with E-state index >= 15 is 0 Å². The molecule has 1 fully saturated rings. The number of carbonyl (C=O) groups is 1. The molecule has 1 amide bonds. The van der Waals surface area contributed by atoms with Crippen molar-refractivity contribution in [1.82, 2.24) is 0 Å². The van der Waals surface area contributed by atoms with Gasteiger partial charge in [-0.3, -0.25) is 4.79 Å². The molecule has 0 spiro atoms. The summed E-state index contributed by atoms with van der Waals surface area (Å²) < 4.78 is 16.9. The molecule has 4 rings (SSSR count). The third kappa shape index (κ3) is 3.46. The van der Waals surface area contributed by atoms with Crippen LogP contribution < -0.4 is 14.4 Å². The molecular formula is C20H21NO4. The molecule has 2 aromatic rings. The molecule has 0 saturated carbocycles. The van der Waals surface area contributed by atoms with Crippen molar-refractivity contribution in [3.05, 3.63) is 54.1 Å². The Morgan fingerprint density at radius 3 is 2.76 bits per heavy atom. The molecule has 2 aromatic carbocycles. The third-order valence-corrected chi connectivity index (χ3v) is 4.53. The van der Waals surface area contributed by atoms with E-state index in [0.29, 0.717) is 25.3 Å². The Morgan fingerprint density at radius 2 is 1.96 bits per heavy atom. The van der Waals surface area contributed by atoms with Crippen LogP contribution in [0.3, 0.4) is 0 Å². The molecule has 0 N–H and O–H groups in total. The van der Waals surface area contributed by atoms with E-state index < -0.39 is 0 Å². The minimum atomic E-state index is -0.0265. The highest BCUT2D eigenvalue weighted by Crippen LogP contribution is 2.32. The quantitative estimate of drug-likeness (QED) is 0.858. The monoisotopic (exact) mass is 339 g/mol. The number of ether oxygens (including phenoxy) is 3. The molecule has 130 valence electrons. The molecule has 1 atom stereocenters. The third-order valence-electron chi connectivity index (χ3n) is 4.53. The van der Waals surface area contributed by atoms with Gasteiger partial charge < -0.3 is 19.1 Å². The van der Waals surface area contributed by atoms with Crippen LogP contribution >= 0.6 is 0 Å². The molecule has 25 heavy (non-hydrogen) atoms. The van der Waals surface area contributed by atoms with Crippen LogP contribution in [0.4, 0.5) is 5.69 Å². The Hall–Kier alpha value is -2.53. The van der Waals surface area contributed by atoms with Gasteiger partial charge in [0, 0.05) is 12.2 Å². The Kier molecular flexibility index (Phi) is 4.57. The predicted molar refractivity (Wildman–Crippen MR) is 94.5 cm³/mol. The number of anilines is 1. The number of fused-ring (bicyclic) bond motifs is 1. The average molecular weight is 339 g/mol. The summed E-state index contributed by atoms with van der Waals surface area (Å²) in [6, 6.07) is 14.9. The van der Waals surface area contributed by atoms with Gasteiger partial charge in [0.15, 0.2) is 0 Å². The van der Waals surface area contributed by atoms with E-state index in [1.807, 2.05) is 48.5 Å². The SMILES string of the molecule is O=C(c1ccc(OC[C@@H]2CCCO2)cc1)N1CCOc2ccccc21. The van der Waals surface area contributed by atoms with Crippen LogP contribution in [0.2, 0.25) is 0 Å². The van der Waals surface area contributed by atoms with Gasteiger partial charge in [0.25, 0.3) is 5.91 Å². The van der Waals surface area contributed by atoms with Crippen molar-refractivity contribution in [2.75, 3.05) is 31.3 Å². The summed E-state index contributed by atoms with van der Waals surface area (Å²) in [5.74, 6) is 1.48. The van der Waals surface area contributed by atoms with Crippen LogP contribution in [0.1, 0.15) is 23.2 Å². The van der Waals surface area contributed by atoms with Gasteiger partial charge in [-0.05, 0) is 49.2 Å². The molecule has 2 aliphatic rings. The lowest BCUT2D eigenvalue weighted by atomic mass is 10.1. The summed E-state index contributed by atoms with van der Waals surface area (Å²) in [5, 5.41) is 0. The van der Waals surface area contributed by atoms with E-state index in [0.717, 1.165) is 36.6 Å². The number of hydrogen-bond acceptors (Lipinski definition) is 4. The topological polar surface area (TPSA) is 48.0 Å². The van der Waals surface area contributed by atoms with Crippen molar-refractivity contribution in [3.63, 3.8) is 0 Å². The summed E-state index contributed by atoms with van der Waals surface area (Å²) in [5.41, 5.74) is 1.46. The van der Waals surface area contributed by atoms with Gasteiger partial charge in [-0.2, -0.15) is 0 Å². The van der Waals surface area contributed by atoms with Gasteiger partial charge in [-0.25, -0.2) is 0 Å². The highest BCUT2D eigenvalue weighted by molar-refractivity contribution is 6.07. The summed E-state index contributed by atoms with van der Waals surface area (Å²) in [6.07, 6.45) is 2.33. The van der Waals surface area contributed by atoms with E-state index in [4.69, 9.17) is 14.2 Å². The summed E-state index contributed by atoms with van der Waals surface area (Å²) in [6.45, 7) is 2.44. The lowest BCUT2D eigenvalue weighted by Gasteiger charge is -2.29. The Morgan fingerprint density at radius 1 is 1.12 bits per heavy atom. The van der Waals surface area contributed by atoms with Crippen LogP contribution in [0.5, 0.6) is 11.5 Å². The molecule has 2 heterocycles.